The number of carboxylic acids is 2. The molecule has 4 heterocycles. The summed E-state index contributed by atoms with van der Waals surface area (Å²) >= 11 is 0.782. The first-order valence-electron chi connectivity index (χ1n) is 19.3. The largest absolute Gasteiger partial charge is 0.691 e. The topological polar surface area (TPSA) is 226 Å². The van der Waals surface area contributed by atoms with Crippen LogP contribution in [-0.4, -0.2) is 41.7 Å². The first kappa shape index (κ1) is 41.6. The van der Waals surface area contributed by atoms with Gasteiger partial charge in [0.15, 0.2) is 12.3 Å². The van der Waals surface area contributed by atoms with Gasteiger partial charge < -0.3 is 38.4 Å². The number of oxazole rings is 1. The summed E-state index contributed by atoms with van der Waals surface area (Å²) in [5.41, 5.74) is 4.22. The number of carbonyl (C=O) groups is 2. The molecule has 0 atom stereocenters. The maximum atomic E-state index is 11.9. The Morgan fingerprint density at radius 2 is 1.44 bits per heavy atom. The van der Waals surface area contributed by atoms with Gasteiger partial charge in [0.05, 0.1) is 34.8 Å². The second kappa shape index (κ2) is 17.8. The Bertz CT molecular complexity index is 3010. The van der Waals surface area contributed by atoms with Crippen LogP contribution in [0.15, 0.2) is 114 Å². The summed E-state index contributed by atoms with van der Waals surface area (Å²) in [4.78, 5) is 24.6. The first-order valence-corrected chi connectivity index (χ1v) is 21.5. The third-order valence-corrected chi connectivity index (χ3v) is 11.7. The minimum Gasteiger partial charge on any atom is -0.691 e. The van der Waals surface area contributed by atoms with Crippen LogP contribution in [0.5, 0.6) is 5.75 Å². The van der Waals surface area contributed by atoms with Crippen molar-refractivity contribution in [2.75, 3.05) is 11.4 Å². The zero-order chi connectivity index (χ0) is 42.7. The van der Waals surface area contributed by atoms with Crippen LogP contribution >= 0.6 is 12.0 Å². The number of aryl methyl sites for hydroxylation is 1. The third-order valence-electron chi connectivity index (χ3n) is 10.3. The van der Waals surface area contributed by atoms with Crippen LogP contribution in [0.1, 0.15) is 57.3 Å². The fraction of sp³-hybridized carbons (Fsp3) is 0.233. The van der Waals surface area contributed by atoms with E-state index in [9.17, 15) is 27.8 Å². The van der Waals surface area contributed by atoms with Gasteiger partial charge in [0, 0.05) is 58.3 Å². The van der Waals surface area contributed by atoms with Crippen molar-refractivity contribution in [3.05, 3.63) is 96.7 Å². The zero-order valence-corrected chi connectivity index (χ0v) is 33.9. The van der Waals surface area contributed by atoms with Gasteiger partial charge in [-0.1, -0.05) is 24.6 Å². The Morgan fingerprint density at radius 3 is 2.18 bits per heavy atom. The Balaban J connectivity index is 1.08. The fourth-order valence-corrected chi connectivity index (χ4v) is 8.36. The molecule has 1 aliphatic rings. The molecule has 0 radical (unpaired) electrons. The summed E-state index contributed by atoms with van der Waals surface area (Å²) < 4.78 is 64.8. The van der Waals surface area contributed by atoms with Crippen molar-refractivity contribution >= 4 is 101 Å². The molecular weight excluding hydrogens is 833 g/mol. The van der Waals surface area contributed by atoms with E-state index in [0.717, 1.165) is 34.0 Å². The molecule has 1 aliphatic heterocycles. The lowest BCUT2D eigenvalue weighted by Crippen LogP contribution is -2.35. The van der Waals surface area contributed by atoms with Crippen molar-refractivity contribution in [1.82, 2.24) is 0 Å². The molecule has 61 heavy (non-hydrogen) atoms. The van der Waals surface area contributed by atoms with Crippen molar-refractivity contribution in [1.29, 1.82) is 0 Å². The van der Waals surface area contributed by atoms with E-state index in [4.69, 9.17) is 28.2 Å². The molecule has 0 saturated carbocycles. The summed E-state index contributed by atoms with van der Waals surface area (Å²) in [7, 11) is -4.44. The number of aromatic nitrogens is 1. The van der Waals surface area contributed by atoms with Crippen LogP contribution in [0.4, 0.5) is 5.69 Å². The SMILES string of the molecule is O=C(O)CCCCCN1/C(=C/C=C/C=C/c2oc3cc4c(cc3[n+]2CCCCCC(=O)O)oc2ccc(S(=O)(=O)O)cc24)Oc2cc3c(cc21)oc1ccc(SOO[O-])cc13. The molecule has 18 heteroatoms. The van der Waals surface area contributed by atoms with E-state index in [2.05, 4.69) is 9.37 Å². The number of ether oxygens (including phenoxy) is 1. The number of allylic oxidation sites excluding steroid dienone is 4. The van der Waals surface area contributed by atoms with Crippen LogP contribution in [-0.2, 0) is 35.6 Å². The van der Waals surface area contributed by atoms with E-state index in [1.54, 1.807) is 24.3 Å². The molecule has 3 N–H and O–H groups in total. The van der Waals surface area contributed by atoms with Gasteiger partial charge in [-0.05, 0) is 80.3 Å². The number of hydrogen-bond acceptors (Lipinski definition) is 13. The highest BCUT2D eigenvalue weighted by Gasteiger charge is 2.28. The van der Waals surface area contributed by atoms with Gasteiger partial charge in [0.1, 0.15) is 22.3 Å². The van der Waals surface area contributed by atoms with E-state index in [-0.39, 0.29) is 17.7 Å². The number of rotatable bonds is 19. The normalized spacial score (nSPS) is 14.0. The summed E-state index contributed by atoms with van der Waals surface area (Å²) in [6.45, 7) is 1.08. The van der Waals surface area contributed by atoms with Crippen LogP contribution in [0.3, 0.4) is 0 Å². The summed E-state index contributed by atoms with van der Waals surface area (Å²) in [6, 6.07) is 16.9. The van der Waals surface area contributed by atoms with E-state index < -0.39 is 22.1 Å². The number of anilines is 1. The van der Waals surface area contributed by atoms with Crippen LogP contribution in [0.2, 0.25) is 0 Å². The monoisotopic (exact) mass is 870 g/mol. The van der Waals surface area contributed by atoms with Crippen LogP contribution in [0.25, 0.3) is 61.1 Å². The number of carboxylic acid groups (broad SMARTS) is 2. The second-order valence-corrected chi connectivity index (χ2v) is 16.5. The molecule has 0 aliphatic carbocycles. The number of benzene rings is 4. The van der Waals surface area contributed by atoms with Gasteiger partial charge in [-0.25, -0.2) is 0 Å². The number of furan rings is 2. The van der Waals surface area contributed by atoms with E-state index in [1.807, 2.05) is 58.0 Å². The first-order chi connectivity index (χ1) is 29.5. The maximum Gasteiger partial charge on any atom is 0.374 e. The molecule has 0 spiro atoms. The standard InChI is InChI=1S/C43H38N2O14S2/c46-42(47)12-6-2-8-18-44-32-24-36-30(28-20-26(60-59-58-50)14-16-34(28)54-36)22-38(32)56-40(44)10-4-1-5-11-41-45(19-9-3-7-13-43(48)49)33-25-37-31(23-39(33)57-41)29-21-27(61(51,52)53)15-17-35(29)55-37/h1,4-5,10-11,14-17,20-25H,2-3,6-9,12-13,18-19H2,(H3-,46,47,48,49,50,51,52,53). The smallest absolute Gasteiger partial charge is 0.374 e. The average molecular weight is 871 g/mol. The van der Waals surface area contributed by atoms with Crippen molar-refractivity contribution in [2.45, 2.75) is 67.7 Å². The predicted molar refractivity (Wildman–Crippen MR) is 222 cm³/mol. The van der Waals surface area contributed by atoms with E-state index >= 15 is 0 Å². The van der Waals surface area contributed by atoms with Crippen molar-refractivity contribution in [3.63, 3.8) is 0 Å². The molecule has 7 aromatic rings. The van der Waals surface area contributed by atoms with Crippen molar-refractivity contribution in [3.8, 4) is 5.75 Å². The minimum absolute atomic E-state index is 0.0759. The van der Waals surface area contributed by atoms with Gasteiger partial charge in [-0.15, -0.1) is 0 Å². The van der Waals surface area contributed by atoms with Crippen molar-refractivity contribution < 1.29 is 70.0 Å². The quantitative estimate of drug-likeness (QED) is 0.0131. The molecule has 0 unspecified atom stereocenters. The van der Waals surface area contributed by atoms with E-state index in [1.165, 1.54) is 18.2 Å². The van der Waals surface area contributed by atoms with Gasteiger partial charge in [0.25, 0.3) is 15.6 Å². The van der Waals surface area contributed by atoms with Crippen LogP contribution in [0, 0.1) is 0 Å². The fourth-order valence-electron chi connectivity index (χ4n) is 7.46. The Morgan fingerprint density at radius 1 is 0.754 bits per heavy atom. The number of nitrogens with zero attached hydrogens (tertiary/aromatic N) is 2. The molecule has 4 aromatic carbocycles. The lowest BCUT2D eigenvalue weighted by atomic mass is 10.1. The zero-order valence-electron chi connectivity index (χ0n) is 32.3. The van der Waals surface area contributed by atoms with Crippen molar-refractivity contribution in [2.24, 2.45) is 0 Å². The van der Waals surface area contributed by atoms with Gasteiger partial charge in [0.2, 0.25) is 11.5 Å². The highest BCUT2D eigenvalue weighted by Crippen LogP contribution is 2.45. The molecule has 0 fully saturated rings. The lowest BCUT2D eigenvalue weighted by Gasteiger charge is -2.18. The molecule has 3 aromatic heterocycles. The summed E-state index contributed by atoms with van der Waals surface area (Å²) in [5, 5.41) is 34.8. The predicted octanol–water partition coefficient (Wildman–Crippen LogP) is 8.60. The summed E-state index contributed by atoms with van der Waals surface area (Å²) in [5.74, 6) is -0.0119. The number of hydrogen-bond donors (Lipinski definition) is 3. The highest BCUT2D eigenvalue weighted by molar-refractivity contribution is 7.94. The Hall–Kier alpha value is -6.15. The molecule has 16 nitrogen and oxygen atoms in total. The molecular formula is C43H38N2O14S2. The number of fused-ring (bicyclic) bond motifs is 8. The highest BCUT2D eigenvalue weighted by atomic mass is 32.2. The van der Waals surface area contributed by atoms with E-state index in [0.29, 0.717) is 113 Å². The van der Waals surface area contributed by atoms with Crippen LogP contribution < -0.4 is 19.5 Å². The molecule has 0 bridgehead atoms. The minimum atomic E-state index is -4.44. The maximum absolute atomic E-state index is 11.9. The Labute approximate surface area is 351 Å². The molecule has 8 rings (SSSR count). The van der Waals surface area contributed by atoms with Gasteiger partial charge >= 0.3 is 17.8 Å². The molecule has 0 saturated heterocycles. The number of aliphatic carboxylic acids is 2. The molecule has 0 amide bonds. The molecule has 316 valence electrons. The number of unbranched alkanes of at least 4 members (excludes halogenated alkanes) is 4. The second-order valence-electron chi connectivity index (χ2n) is 14.4. The lowest BCUT2D eigenvalue weighted by molar-refractivity contribution is -0.777. The average Bonchev–Trinajstić information content (AvgIpc) is 3.96. The van der Waals surface area contributed by atoms with Gasteiger partial charge in [-0.2, -0.15) is 17.3 Å². The van der Waals surface area contributed by atoms with Gasteiger partial charge in [-0.3, -0.25) is 19.2 Å². The summed E-state index contributed by atoms with van der Waals surface area (Å²) in [6.07, 6.45) is 13.1. The third kappa shape index (κ3) is 9.14. The Kier molecular flexibility index (Phi) is 12.2.